The molecule has 1 N–H and O–H groups in total. The topological polar surface area (TPSA) is 89.3 Å². The third kappa shape index (κ3) is 3.40. The summed E-state index contributed by atoms with van der Waals surface area (Å²) in [6, 6.07) is 15.1. The number of benzene rings is 2. The fourth-order valence-electron chi connectivity index (χ4n) is 4.77. The van der Waals surface area contributed by atoms with Crippen molar-refractivity contribution >= 4 is 33.7 Å². The summed E-state index contributed by atoms with van der Waals surface area (Å²) in [7, 11) is 0. The smallest absolute Gasteiger partial charge is 0.267 e. The van der Waals surface area contributed by atoms with Crippen molar-refractivity contribution in [3.05, 3.63) is 88.1 Å². The van der Waals surface area contributed by atoms with Gasteiger partial charge in [0.15, 0.2) is 5.65 Å². The van der Waals surface area contributed by atoms with Crippen LogP contribution in [0.4, 0.5) is 0 Å². The molecule has 1 saturated carbocycles. The molecule has 7 nitrogen and oxygen atoms in total. The second kappa shape index (κ2) is 8.08. The first-order valence-electron chi connectivity index (χ1n) is 11.1. The molecule has 0 spiro atoms. The van der Waals surface area contributed by atoms with Gasteiger partial charge in [0.05, 0.1) is 33.6 Å². The third-order valence-electron chi connectivity index (χ3n) is 6.65. The highest BCUT2D eigenvalue weighted by atomic mass is 35.5. The standard InChI is InChI=1S/C25H21ClN6O/c26-18-10-5-11-19-21(18)25(33)32(16-8-2-1-3-9-16)24(31-19)17(15-6-4-7-15)12-20-22-23(29-13-27-20)30-14-28-22/h1-3,5,8-11,13-15,17H,4,6-7,12H2,(H,27,28,29,30)/t17-/m0/s1. The molecule has 33 heavy (non-hydrogen) atoms. The van der Waals surface area contributed by atoms with Crippen molar-refractivity contribution in [1.29, 1.82) is 0 Å². The first-order chi connectivity index (χ1) is 16.2. The zero-order valence-corrected chi connectivity index (χ0v) is 18.5. The van der Waals surface area contributed by atoms with Crippen LogP contribution in [0.5, 0.6) is 0 Å². The van der Waals surface area contributed by atoms with E-state index in [-0.39, 0.29) is 11.5 Å². The quantitative estimate of drug-likeness (QED) is 0.409. The number of fused-ring (bicyclic) bond motifs is 2. The SMILES string of the molecule is O=c1c2c(Cl)cccc2nc([C@@H](Cc2ncnc3nc[nH]c23)C2CCC2)n1-c1ccccc1. The van der Waals surface area contributed by atoms with E-state index in [1.54, 1.807) is 23.3 Å². The van der Waals surface area contributed by atoms with Gasteiger partial charge in [0.2, 0.25) is 0 Å². The van der Waals surface area contributed by atoms with Crippen LogP contribution in [-0.4, -0.2) is 29.5 Å². The number of imidazole rings is 1. The third-order valence-corrected chi connectivity index (χ3v) is 6.97. The molecule has 0 amide bonds. The molecular weight excluding hydrogens is 436 g/mol. The Labute approximate surface area is 194 Å². The number of hydrogen-bond acceptors (Lipinski definition) is 5. The second-order valence-electron chi connectivity index (χ2n) is 8.50. The summed E-state index contributed by atoms with van der Waals surface area (Å²) in [5, 5.41) is 0.855. The summed E-state index contributed by atoms with van der Waals surface area (Å²) in [4.78, 5) is 35.1. The average molecular weight is 457 g/mol. The maximum absolute atomic E-state index is 13.8. The molecule has 3 aromatic heterocycles. The van der Waals surface area contributed by atoms with Gasteiger partial charge in [-0.1, -0.05) is 42.3 Å². The number of para-hydroxylation sites is 1. The number of rotatable bonds is 5. The molecule has 1 aliphatic rings. The van der Waals surface area contributed by atoms with Crippen molar-refractivity contribution in [2.75, 3.05) is 0 Å². The van der Waals surface area contributed by atoms with Crippen molar-refractivity contribution in [2.45, 2.75) is 31.6 Å². The Morgan fingerprint density at radius 2 is 1.91 bits per heavy atom. The van der Waals surface area contributed by atoms with Crippen LogP contribution < -0.4 is 5.56 Å². The summed E-state index contributed by atoms with van der Waals surface area (Å²) in [6.07, 6.45) is 7.20. The molecule has 8 heteroatoms. The minimum absolute atomic E-state index is 0.0106. The Morgan fingerprint density at radius 1 is 1.06 bits per heavy atom. The average Bonchev–Trinajstić information content (AvgIpc) is 3.28. The first kappa shape index (κ1) is 20.1. The van der Waals surface area contributed by atoms with E-state index in [0.717, 1.165) is 35.6 Å². The van der Waals surface area contributed by atoms with Gasteiger partial charge in [-0.2, -0.15) is 0 Å². The van der Waals surface area contributed by atoms with Gasteiger partial charge in [0.1, 0.15) is 17.7 Å². The monoisotopic (exact) mass is 456 g/mol. The predicted octanol–water partition coefficient (Wildman–Crippen LogP) is 4.83. The molecule has 1 atom stereocenters. The molecule has 2 aromatic carbocycles. The van der Waals surface area contributed by atoms with Gasteiger partial charge in [0.25, 0.3) is 5.56 Å². The van der Waals surface area contributed by atoms with Crippen molar-refractivity contribution in [3.8, 4) is 5.69 Å². The van der Waals surface area contributed by atoms with Crippen LogP contribution in [0.2, 0.25) is 5.02 Å². The van der Waals surface area contributed by atoms with Gasteiger partial charge in [-0.3, -0.25) is 9.36 Å². The molecular formula is C25H21ClN6O. The van der Waals surface area contributed by atoms with Crippen molar-refractivity contribution in [2.24, 2.45) is 5.92 Å². The lowest BCUT2D eigenvalue weighted by molar-refractivity contribution is 0.249. The molecule has 1 fully saturated rings. The summed E-state index contributed by atoms with van der Waals surface area (Å²) in [5.41, 5.74) is 3.61. The Morgan fingerprint density at radius 3 is 2.70 bits per heavy atom. The van der Waals surface area contributed by atoms with Crippen molar-refractivity contribution in [3.63, 3.8) is 0 Å². The van der Waals surface area contributed by atoms with Gasteiger partial charge in [0, 0.05) is 12.3 Å². The van der Waals surface area contributed by atoms with E-state index in [4.69, 9.17) is 16.6 Å². The normalized spacial score (nSPS) is 15.1. The number of aromatic nitrogens is 6. The van der Waals surface area contributed by atoms with Gasteiger partial charge in [-0.25, -0.2) is 19.9 Å². The first-order valence-corrected chi connectivity index (χ1v) is 11.5. The van der Waals surface area contributed by atoms with Crippen molar-refractivity contribution < 1.29 is 0 Å². The summed E-state index contributed by atoms with van der Waals surface area (Å²) >= 11 is 6.46. The number of H-pyrrole nitrogens is 1. The number of nitrogens with one attached hydrogen (secondary N) is 1. The minimum atomic E-state index is -0.148. The molecule has 3 heterocycles. The molecule has 0 saturated heterocycles. The lowest BCUT2D eigenvalue weighted by Crippen LogP contribution is -2.31. The fourth-order valence-corrected chi connectivity index (χ4v) is 5.02. The molecule has 6 rings (SSSR count). The summed E-state index contributed by atoms with van der Waals surface area (Å²) < 4.78 is 1.74. The highest BCUT2D eigenvalue weighted by Crippen LogP contribution is 2.41. The number of hydrogen-bond donors (Lipinski definition) is 1. The van der Waals surface area contributed by atoms with Crippen LogP contribution in [0.3, 0.4) is 0 Å². The molecule has 164 valence electrons. The molecule has 0 radical (unpaired) electrons. The van der Waals surface area contributed by atoms with Crippen LogP contribution in [-0.2, 0) is 6.42 Å². The molecule has 1 aliphatic carbocycles. The van der Waals surface area contributed by atoms with Crippen molar-refractivity contribution in [1.82, 2.24) is 29.5 Å². The Bertz CT molecular complexity index is 1520. The zero-order valence-electron chi connectivity index (χ0n) is 17.8. The van der Waals surface area contributed by atoms with Crippen LogP contribution in [0.25, 0.3) is 27.8 Å². The van der Waals surface area contributed by atoms with Gasteiger partial charge in [-0.05, 0) is 43.0 Å². The molecule has 0 aliphatic heterocycles. The second-order valence-corrected chi connectivity index (χ2v) is 8.91. The van der Waals surface area contributed by atoms with E-state index < -0.39 is 0 Å². The summed E-state index contributed by atoms with van der Waals surface area (Å²) in [6.45, 7) is 0. The maximum atomic E-state index is 13.8. The molecule has 0 bridgehead atoms. The lowest BCUT2D eigenvalue weighted by atomic mass is 9.73. The van der Waals surface area contributed by atoms with E-state index in [0.29, 0.717) is 33.9 Å². The van der Waals surface area contributed by atoms with E-state index in [9.17, 15) is 4.79 Å². The van der Waals surface area contributed by atoms with E-state index in [1.807, 2.05) is 42.5 Å². The number of aromatic amines is 1. The Balaban J connectivity index is 1.60. The van der Waals surface area contributed by atoms with Crippen LogP contribution in [0, 0.1) is 5.92 Å². The predicted molar refractivity (Wildman–Crippen MR) is 128 cm³/mol. The van der Waals surface area contributed by atoms with Gasteiger partial charge in [-0.15, -0.1) is 0 Å². The van der Waals surface area contributed by atoms with Gasteiger partial charge >= 0.3 is 0 Å². The van der Waals surface area contributed by atoms with Crippen LogP contribution in [0.15, 0.2) is 66.0 Å². The number of nitrogens with zero attached hydrogens (tertiary/aromatic N) is 5. The number of halogens is 1. The summed E-state index contributed by atoms with van der Waals surface area (Å²) in [5.74, 6) is 1.17. The minimum Gasteiger partial charge on any atom is -0.342 e. The Hall–Kier alpha value is -3.58. The highest BCUT2D eigenvalue weighted by molar-refractivity contribution is 6.35. The highest BCUT2D eigenvalue weighted by Gasteiger charge is 2.34. The van der Waals surface area contributed by atoms with Crippen LogP contribution >= 0.6 is 11.6 Å². The lowest BCUT2D eigenvalue weighted by Gasteiger charge is -2.34. The Kier molecular flexibility index (Phi) is 4.91. The molecule has 0 unspecified atom stereocenters. The van der Waals surface area contributed by atoms with E-state index >= 15 is 0 Å². The largest absolute Gasteiger partial charge is 0.342 e. The maximum Gasteiger partial charge on any atom is 0.267 e. The van der Waals surface area contributed by atoms with Gasteiger partial charge < -0.3 is 4.98 Å². The van der Waals surface area contributed by atoms with E-state index in [2.05, 4.69) is 19.9 Å². The fraction of sp³-hybridized carbons (Fsp3) is 0.240. The van der Waals surface area contributed by atoms with E-state index in [1.165, 1.54) is 6.42 Å². The van der Waals surface area contributed by atoms with Crippen LogP contribution in [0.1, 0.15) is 36.7 Å². The zero-order chi connectivity index (χ0) is 22.4. The molecule has 5 aromatic rings.